The van der Waals surface area contributed by atoms with Gasteiger partial charge in [-0.05, 0) is 70.1 Å². The number of carbonyl (C=O) groups is 1. The van der Waals surface area contributed by atoms with E-state index < -0.39 is 0 Å². The van der Waals surface area contributed by atoms with Crippen LogP contribution in [0.3, 0.4) is 0 Å². The minimum Gasteiger partial charge on any atom is -0.496 e. The van der Waals surface area contributed by atoms with E-state index >= 15 is 0 Å². The number of nitrogens with zero attached hydrogens (tertiary/aromatic N) is 3. The van der Waals surface area contributed by atoms with Crippen LogP contribution in [-0.2, 0) is 4.79 Å². The summed E-state index contributed by atoms with van der Waals surface area (Å²) in [6.07, 6.45) is 4.10. The van der Waals surface area contributed by atoms with Crippen LogP contribution in [0.25, 0.3) is 11.3 Å². The predicted molar refractivity (Wildman–Crippen MR) is 115 cm³/mol. The highest BCUT2D eigenvalue weighted by molar-refractivity contribution is 5.79. The summed E-state index contributed by atoms with van der Waals surface area (Å²) in [7, 11) is 3.83. The molecule has 2 aliphatic heterocycles. The average Bonchev–Trinajstić information content (AvgIpc) is 2.79. The first kappa shape index (κ1) is 19.9. The topological polar surface area (TPSA) is 45.7 Å². The second kappa shape index (κ2) is 8.95. The van der Waals surface area contributed by atoms with Gasteiger partial charge in [0.25, 0.3) is 0 Å². The fraction of sp³-hybridized carbons (Fsp3) is 0.500. The second-order valence-corrected chi connectivity index (χ2v) is 8.35. The van der Waals surface area contributed by atoms with Crippen LogP contribution in [0.5, 0.6) is 5.75 Å². The zero-order valence-electron chi connectivity index (χ0n) is 17.5. The minimum absolute atomic E-state index is 0.192. The van der Waals surface area contributed by atoms with Crippen molar-refractivity contribution in [3.05, 3.63) is 48.2 Å². The Bertz CT molecular complexity index is 846. The van der Waals surface area contributed by atoms with E-state index in [9.17, 15) is 4.79 Å². The molecule has 5 nitrogen and oxygen atoms in total. The SMILES string of the molecule is COc1ccccc1-c1cccc([C@H]2CCCN(C(=O)C3CCN(C)CC3)C2)n1. The Balaban J connectivity index is 1.49. The number of pyridine rings is 1. The standard InChI is InChI=1S/C24H31N3O2/c1-26-15-12-18(13-16-26)24(28)27-14-6-7-19(17-27)21-9-5-10-22(25-21)20-8-3-4-11-23(20)29-2/h3-5,8-11,18-19H,6-7,12-17H2,1-2H3/t19-/m0/s1. The first-order valence-corrected chi connectivity index (χ1v) is 10.7. The molecular weight excluding hydrogens is 362 g/mol. The van der Waals surface area contributed by atoms with Gasteiger partial charge >= 0.3 is 0 Å². The Morgan fingerprint density at radius 1 is 1.03 bits per heavy atom. The summed E-state index contributed by atoms with van der Waals surface area (Å²) >= 11 is 0. The Morgan fingerprint density at radius 3 is 2.62 bits per heavy atom. The van der Waals surface area contributed by atoms with Crippen LogP contribution < -0.4 is 4.74 Å². The van der Waals surface area contributed by atoms with E-state index in [-0.39, 0.29) is 5.92 Å². The van der Waals surface area contributed by atoms with Gasteiger partial charge in [-0.25, -0.2) is 0 Å². The van der Waals surface area contributed by atoms with Gasteiger partial charge in [0.2, 0.25) is 5.91 Å². The summed E-state index contributed by atoms with van der Waals surface area (Å²) in [5.41, 5.74) is 3.01. The number of piperidine rings is 2. The highest BCUT2D eigenvalue weighted by Crippen LogP contribution is 2.32. The fourth-order valence-electron chi connectivity index (χ4n) is 4.62. The number of aromatic nitrogens is 1. The Morgan fingerprint density at radius 2 is 1.83 bits per heavy atom. The summed E-state index contributed by atoms with van der Waals surface area (Å²) < 4.78 is 5.51. The van der Waals surface area contributed by atoms with Crippen molar-refractivity contribution in [1.82, 2.24) is 14.8 Å². The van der Waals surface area contributed by atoms with Crippen molar-refractivity contribution >= 4 is 5.91 Å². The Labute approximate surface area is 173 Å². The van der Waals surface area contributed by atoms with Crippen LogP contribution in [-0.4, -0.2) is 61.0 Å². The first-order chi connectivity index (χ1) is 14.2. The molecule has 154 valence electrons. The lowest BCUT2D eigenvalue weighted by atomic mass is 9.90. The molecule has 0 saturated carbocycles. The predicted octanol–water partition coefficient (Wildman–Crippen LogP) is 3.81. The number of para-hydroxylation sites is 1. The number of ether oxygens (including phenoxy) is 1. The molecule has 0 aliphatic carbocycles. The number of carbonyl (C=O) groups excluding carboxylic acids is 1. The molecule has 2 fully saturated rings. The van der Waals surface area contributed by atoms with Crippen molar-refractivity contribution in [2.45, 2.75) is 31.6 Å². The molecule has 1 atom stereocenters. The summed E-state index contributed by atoms with van der Waals surface area (Å²) in [5.74, 6) is 1.68. The molecular formula is C24H31N3O2. The molecule has 2 saturated heterocycles. The van der Waals surface area contributed by atoms with Gasteiger partial charge in [0.05, 0.1) is 12.8 Å². The van der Waals surface area contributed by atoms with Crippen molar-refractivity contribution in [1.29, 1.82) is 0 Å². The van der Waals surface area contributed by atoms with Gasteiger partial charge in [0.15, 0.2) is 0 Å². The largest absolute Gasteiger partial charge is 0.496 e. The van der Waals surface area contributed by atoms with Gasteiger partial charge in [0, 0.05) is 36.2 Å². The van der Waals surface area contributed by atoms with E-state index in [0.717, 1.165) is 74.6 Å². The van der Waals surface area contributed by atoms with Gasteiger partial charge in [-0.15, -0.1) is 0 Å². The molecule has 4 rings (SSSR count). The number of hydrogen-bond donors (Lipinski definition) is 0. The third-order valence-corrected chi connectivity index (χ3v) is 6.37. The maximum atomic E-state index is 13.1. The summed E-state index contributed by atoms with van der Waals surface area (Å²) in [6, 6.07) is 14.2. The quantitative estimate of drug-likeness (QED) is 0.793. The lowest BCUT2D eigenvalue weighted by Gasteiger charge is -2.37. The van der Waals surface area contributed by atoms with E-state index in [1.54, 1.807) is 7.11 Å². The van der Waals surface area contributed by atoms with Crippen molar-refractivity contribution in [2.75, 3.05) is 40.3 Å². The molecule has 0 unspecified atom stereocenters. The van der Waals surface area contributed by atoms with Gasteiger partial charge in [-0.1, -0.05) is 18.2 Å². The van der Waals surface area contributed by atoms with Crippen LogP contribution in [0, 0.1) is 5.92 Å². The smallest absolute Gasteiger partial charge is 0.225 e. The zero-order chi connectivity index (χ0) is 20.2. The maximum Gasteiger partial charge on any atom is 0.225 e. The number of amides is 1. The summed E-state index contributed by atoms with van der Waals surface area (Å²) in [5, 5.41) is 0. The van der Waals surface area contributed by atoms with Crippen LogP contribution in [0.2, 0.25) is 0 Å². The highest BCUT2D eigenvalue weighted by Gasteiger charge is 2.31. The number of methoxy groups -OCH3 is 1. The molecule has 0 N–H and O–H groups in total. The molecule has 2 aliphatic rings. The average molecular weight is 394 g/mol. The van der Waals surface area contributed by atoms with Crippen molar-refractivity contribution in [3.63, 3.8) is 0 Å². The minimum atomic E-state index is 0.192. The second-order valence-electron chi connectivity index (χ2n) is 8.35. The van der Waals surface area contributed by atoms with E-state index in [1.165, 1.54) is 0 Å². The van der Waals surface area contributed by atoms with E-state index in [2.05, 4.69) is 29.0 Å². The highest BCUT2D eigenvalue weighted by atomic mass is 16.5. The van der Waals surface area contributed by atoms with E-state index in [1.807, 2.05) is 30.3 Å². The number of hydrogen-bond acceptors (Lipinski definition) is 4. The van der Waals surface area contributed by atoms with Crippen LogP contribution in [0.15, 0.2) is 42.5 Å². The number of likely N-dealkylation sites (tertiary alicyclic amines) is 2. The van der Waals surface area contributed by atoms with Crippen LogP contribution in [0.4, 0.5) is 0 Å². The third kappa shape index (κ3) is 4.45. The van der Waals surface area contributed by atoms with Gasteiger partial charge in [-0.2, -0.15) is 0 Å². The number of rotatable bonds is 4. The van der Waals surface area contributed by atoms with Gasteiger partial charge < -0.3 is 14.5 Å². The monoisotopic (exact) mass is 393 g/mol. The fourth-order valence-corrected chi connectivity index (χ4v) is 4.62. The van der Waals surface area contributed by atoms with Gasteiger partial charge in [0.1, 0.15) is 5.75 Å². The van der Waals surface area contributed by atoms with Crippen molar-refractivity contribution in [2.24, 2.45) is 5.92 Å². The summed E-state index contributed by atoms with van der Waals surface area (Å²) in [6.45, 7) is 3.72. The molecule has 2 aromatic rings. The first-order valence-electron chi connectivity index (χ1n) is 10.7. The Hall–Kier alpha value is -2.40. The molecule has 1 amide bonds. The molecule has 29 heavy (non-hydrogen) atoms. The lowest BCUT2D eigenvalue weighted by molar-refractivity contribution is -0.138. The van der Waals surface area contributed by atoms with Crippen LogP contribution >= 0.6 is 0 Å². The maximum absolute atomic E-state index is 13.1. The molecule has 1 aromatic heterocycles. The number of benzene rings is 1. The molecule has 0 spiro atoms. The van der Waals surface area contributed by atoms with E-state index in [4.69, 9.17) is 9.72 Å². The third-order valence-electron chi connectivity index (χ3n) is 6.37. The van der Waals surface area contributed by atoms with Crippen LogP contribution in [0.1, 0.15) is 37.3 Å². The molecule has 5 heteroatoms. The zero-order valence-corrected chi connectivity index (χ0v) is 17.5. The lowest BCUT2D eigenvalue weighted by Crippen LogP contribution is -2.45. The summed E-state index contributed by atoms with van der Waals surface area (Å²) in [4.78, 5) is 22.5. The molecule has 0 radical (unpaired) electrons. The van der Waals surface area contributed by atoms with Crippen molar-refractivity contribution < 1.29 is 9.53 Å². The Kier molecular flexibility index (Phi) is 6.14. The van der Waals surface area contributed by atoms with E-state index in [0.29, 0.717) is 11.8 Å². The molecule has 0 bridgehead atoms. The molecule has 3 heterocycles. The normalized spacial score (nSPS) is 21.2. The molecule has 1 aromatic carbocycles. The van der Waals surface area contributed by atoms with Gasteiger partial charge in [-0.3, -0.25) is 9.78 Å². The van der Waals surface area contributed by atoms with Crippen molar-refractivity contribution in [3.8, 4) is 17.0 Å².